The third-order valence-corrected chi connectivity index (χ3v) is 3.90. The number of fused-ring (bicyclic) bond motifs is 1. The van der Waals surface area contributed by atoms with E-state index in [0.29, 0.717) is 6.54 Å². The molecule has 0 aliphatic carbocycles. The summed E-state index contributed by atoms with van der Waals surface area (Å²) in [5.74, 6) is 0. The van der Waals surface area contributed by atoms with E-state index in [2.05, 4.69) is 24.2 Å². The molecule has 1 heterocycles. The lowest BCUT2D eigenvalue weighted by Gasteiger charge is -2.28. The minimum atomic E-state index is -0.253. The van der Waals surface area contributed by atoms with Gasteiger partial charge in [0.15, 0.2) is 0 Å². The van der Waals surface area contributed by atoms with Gasteiger partial charge in [-0.05, 0) is 12.5 Å². The van der Waals surface area contributed by atoms with Crippen molar-refractivity contribution in [2.45, 2.75) is 19.8 Å². The van der Waals surface area contributed by atoms with Crippen molar-refractivity contribution in [3.05, 3.63) is 30.0 Å². The first-order valence-electron chi connectivity index (χ1n) is 6.37. The summed E-state index contributed by atoms with van der Waals surface area (Å²) in [6, 6.07) is 8.16. The normalized spacial score (nSPS) is 14.9. The Bertz CT molecular complexity index is 521. The van der Waals surface area contributed by atoms with Gasteiger partial charge in [-0.3, -0.25) is 4.68 Å². The maximum absolute atomic E-state index is 9.60. The van der Waals surface area contributed by atoms with Gasteiger partial charge in [0.2, 0.25) is 0 Å². The first-order chi connectivity index (χ1) is 8.65. The van der Waals surface area contributed by atoms with Crippen molar-refractivity contribution in [3.63, 3.8) is 0 Å². The Balaban J connectivity index is 2.43. The third-order valence-electron chi connectivity index (χ3n) is 3.90. The van der Waals surface area contributed by atoms with Crippen molar-refractivity contribution in [1.29, 1.82) is 0 Å². The van der Waals surface area contributed by atoms with Gasteiger partial charge in [-0.2, -0.15) is 5.10 Å². The second-order valence-electron chi connectivity index (χ2n) is 4.98. The standard InChI is InChI=1S/C14H21N3O/c1-3-14(9-15,10-18)8-12-11-6-4-5-7-13(11)17(2)16-12/h4-7,18H,3,8-10,15H2,1-2H3. The van der Waals surface area contributed by atoms with Gasteiger partial charge >= 0.3 is 0 Å². The van der Waals surface area contributed by atoms with Crippen molar-refractivity contribution in [1.82, 2.24) is 9.78 Å². The highest BCUT2D eigenvalue weighted by molar-refractivity contribution is 5.81. The lowest BCUT2D eigenvalue weighted by Crippen LogP contribution is -2.36. The first kappa shape index (κ1) is 13.1. The molecule has 0 aliphatic rings. The maximum Gasteiger partial charge on any atom is 0.0710 e. The summed E-state index contributed by atoms with van der Waals surface area (Å²) in [5.41, 5.74) is 7.72. The number of para-hydroxylation sites is 1. The molecule has 98 valence electrons. The highest BCUT2D eigenvalue weighted by atomic mass is 16.3. The molecule has 0 saturated heterocycles. The molecule has 1 aromatic carbocycles. The van der Waals surface area contributed by atoms with Crippen LogP contribution in [0.1, 0.15) is 19.0 Å². The van der Waals surface area contributed by atoms with Crippen molar-refractivity contribution < 1.29 is 5.11 Å². The Morgan fingerprint density at radius 2 is 2.11 bits per heavy atom. The number of nitrogens with zero attached hydrogens (tertiary/aromatic N) is 2. The number of aliphatic hydroxyl groups excluding tert-OH is 1. The third kappa shape index (κ3) is 2.13. The molecule has 18 heavy (non-hydrogen) atoms. The van der Waals surface area contributed by atoms with Gasteiger partial charge in [-0.25, -0.2) is 0 Å². The monoisotopic (exact) mass is 247 g/mol. The summed E-state index contributed by atoms with van der Waals surface area (Å²) in [5, 5.41) is 15.3. The van der Waals surface area contributed by atoms with Crippen LogP contribution in [0.5, 0.6) is 0 Å². The molecule has 2 aromatic rings. The number of rotatable bonds is 5. The molecular weight excluding hydrogens is 226 g/mol. The van der Waals surface area contributed by atoms with Crippen LogP contribution in [0.15, 0.2) is 24.3 Å². The van der Waals surface area contributed by atoms with E-state index in [1.807, 2.05) is 23.9 Å². The Kier molecular flexibility index (Phi) is 3.68. The molecule has 0 amide bonds. The minimum absolute atomic E-state index is 0.102. The fourth-order valence-electron chi connectivity index (χ4n) is 2.35. The van der Waals surface area contributed by atoms with Gasteiger partial charge < -0.3 is 10.8 Å². The molecule has 4 nitrogen and oxygen atoms in total. The summed E-state index contributed by atoms with van der Waals surface area (Å²) in [4.78, 5) is 0. The summed E-state index contributed by atoms with van der Waals surface area (Å²) in [7, 11) is 1.95. The van der Waals surface area contributed by atoms with Crippen LogP contribution in [0, 0.1) is 5.41 Å². The first-order valence-corrected chi connectivity index (χ1v) is 6.37. The van der Waals surface area contributed by atoms with Crippen LogP contribution in [0.25, 0.3) is 10.9 Å². The van der Waals surface area contributed by atoms with Crippen LogP contribution in [-0.2, 0) is 13.5 Å². The maximum atomic E-state index is 9.60. The highest BCUT2D eigenvalue weighted by Gasteiger charge is 2.28. The molecule has 0 spiro atoms. The molecular formula is C14H21N3O. The zero-order valence-electron chi connectivity index (χ0n) is 11.1. The molecule has 2 rings (SSSR count). The van der Waals surface area contributed by atoms with E-state index in [0.717, 1.165) is 29.4 Å². The summed E-state index contributed by atoms with van der Waals surface area (Å²) in [6.07, 6.45) is 1.57. The second kappa shape index (κ2) is 5.08. The van der Waals surface area contributed by atoms with Crippen LogP contribution >= 0.6 is 0 Å². The molecule has 1 aromatic heterocycles. The van der Waals surface area contributed by atoms with Crippen LogP contribution in [0.2, 0.25) is 0 Å². The Morgan fingerprint density at radius 1 is 1.39 bits per heavy atom. The highest BCUT2D eigenvalue weighted by Crippen LogP contribution is 2.28. The lowest BCUT2D eigenvalue weighted by molar-refractivity contribution is 0.126. The van der Waals surface area contributed by atoms with Gasteiger partial charge in [0.1, 0.15) is 0 Å². The van der Waals surface area contributed by atoms with Gasteiger partial charge in [0, 0.05) is 30.8 Å². The van der Waals surface area contributed by atoms with E-state index in [1.54, 1.807) is 0 Å². The van der Waals surface area contributed by atoms with Gasteiger partial charge in [-0.15, -0.1) is 0 Å². The zero-order chi connectivity index (χ0) is 13.2. The van der Waals surface area contributed by atoms with Gasteiger partial charge in [0.05, 0.1) is 17.8 Å². The van der Waals surface area contributed by atoms with Crippen molar-refractivity contribution >= 4 is 10.9 Å². The van der Waals surface area contributed by atoms with E-state index in [4.69, 9.17) is 5.73 Å². The number of hydrogen-bond donors (Lipinski definition) is 2. The van der Waals surface area contributed by atoms with E-state index >= 15 is 0 Å². The molecule has 1 unspecified atom stereocenters. The number of benzene rings is 1. The molecule has 1 atom stereocenters. The Hall–Kier alpha value is -1.39. The number of hydrogen-bond acceptors (Lipinski definition) is 3. The largest absolute Gasteiger partial charge is 0.396 e. The number of aromatic nitrogens is 2. The van der Waals surface area contributed by atoms with Gasteiger partial charge in [-0.1, -0.05) is 25.1 Å². The van der Waals surface area contributed by atoms with Gasteiger partial charge in [0.25, 0.3) is 0 Å². The average molecular weight is 247 g/mol. The Labute approximate surface area is 107 Å². The summed E-state index contributed by atoms with van der Waals surface area (Å²) < 4.78 is 1.89. The van der Waals surface area contributed by atoms with Crippen LogP contribution in [-0.4, -0.2) is 28.0 Å². The predicted molar refractivity (Wildman–Crippen MR) is 73.3 cm³/mol. The summed E-state index contributed by atoms with van der Waals surface area (Å²) >= 11 is 0. The minimum Gasteiger partial charge on any atom is -0.396 e. The van der Waals surface area contributed by atoms with Crippen LogP contribution in [0.3, 0.4) is 0 Å². The molecule has 0 radical (unpaired) electrons. The van der Waals surface area contributed by atoms with E-state index < -0.39 is 0 Å². The lowest BCUT2D eigenvalue weighted by atomic mass is 9.81. The van der Waals surface area contributed by atoms with Crippen molar-refractivity contribution in [2.24, 2.45) is 18.2 Å². The average Bonchev–Trinajstić information content (AvgIpc) is 2.73. The Morgan fingerprint density at radius 3 is 2.72 bits per heavy atom. The zero-order valence-corrected chi connectivity index (χ0v) is 11.1. The number of aliphatic hydroxyl groups is 1. The van der Waals surface area contributed by atoms with Crippen LogP contribution < -0.4 is 5.73 Å². The van der Waals surface area contributed by atoms with Crippen molar-refractivity contribution in [3.8, 4) is 0 Å². The molecule has 3 N–H and O–H groups in total. The number of aryl methyl sites for hydroxylation is 1. The SMILES string of the molecule is CCC(CN)(CO)Cc1nn(C)c2ccccc12. The predicted octanol–water partition coefficient (Wildman–Crippen LogP) is 1.46. The molecule has 0 aliphatic heterocycles. The molecule has 0 bridgehead atoms. The van der Waals surface area contributed by atoms with Crippen molar-refractivity contribution in [2.75, 3.05) is 13.2 Å². The fourth-order valence-corrected chi connectivity index (χ4v) is 2.35. The van der Waals surface area contributed by atoms with Crippen LogP contribution in [0.4, 0.5) is 0 Å². The quantitative estimate of drug-likeness (QED) is 0.841. The van der Waals surface area contributed by atoms with E-state index in [1.165, 1.54) is 0 Å². The smallest absolute Gasteiger partial charge is 0.0710 e. The number of nitrogens with two attached hydrogens (primary N) is 1. The molecule has 0 saturated carbocycles. The van der Waals surface area contributed by atoms with E-state index in [-0.39, 0.29) is 12.0 Å². The topological polar surface area (TPSA) is 64.1 Å². The van der Waals surface area contributed by atoms with E-state index in [9.17, 15) is 5.11 Å². The summed E-state index contributed by atoms with van der Waals surface area (Å²) in [6.45, 7) is 2.64. The second-order valence-corrected chi connectivity index (χ2v) is 4.98. The molecule has 4 heteroatoms. The fraction of sp³-hybridized carbons (Fsp3) is 0.500. The molecule has 0 fully saturated rings.